The van der Waals surface area contributed by atoms with Gasteiger partial charge in [-0.3, -0.25) is 4.79 Å². The van der Waals surface area contributed by atoms with E-state index < -0.39 is 0 Å². The third-order valence-electron chi connectivity index (χ3n) is 4.24. The summed E-state index contributed by atoms with van der Waals surface area (Å²) < 4.78 is 15.4. The first-order valence-corrected chi connectivity index (χ1v) is 9.90. The first kappa shape index (κ1) is 18.9. The van der Waals surface area contributed by atoms with Gasteiger partial charge in [0.05, 0.1) is 12.8 Å². The van der Waals surface area contributed by atoms with Gasteiger partial charge in [-0.25, -0.2) is 0 Å². The van der Waals surface area contributed by atoms with Gasteiger partial charge in [-0.2, -0.15) is 9.36 Å². The maximum Gasteiger partial charge on any atom is 0.298 e. The normalized spacial score (nSPS) is 10.7. The van der Waals surface area contributed by atoms with Gasteiger partial charge in [-0.1, -0.05) is 35.9 Å². The number of aromatic nitrogens is 2. The van der Waals surface area contributed by atoms with Gasteiger partial charge < -0.3 is 14.5 Å². The number of furan rings is 1. The molecule has 2 heterocycles. The van der Waals surface area contributed by atoms with E-state index in [-0.39, 0.29) is 5.91 Å². The van der Waals surface area contributed by atoms with Crippen molar-refractivity contribution in [2.45, 2.75) is 19.9 Å². The third-order valence-corrected chi connectivity index (χ3v) is 4.87. The lowest BCUT2D eigenvalue weighted by Gasteiger charge is -2.06. The van der Waals surface area contributed by atoms with Crippen LogP contribution in [0.2, 0.25) is 0 Å². The molecule has 0 bridgehead atoms. The maximum atomic E-state index is 12.3. The maximum absolute atomic E-state index is 12.3. The summed E-state index contributed by atoms with van der Waals surface area (Å²) in [5.74, 6) is 1.74. The third kappa shape index (κ3) is 5.08. The van der Waals surface area contributed by atoms with Crippen LogP contribution in [0.5, 0.6) is 10.9 Å². The van der Waals surface area contributed by atoms with E-state index in [0.717, 1.165) is 5.56 Å². The highest BCUT2D eigenvalue weighted by molar-refractivity contribution is 7.07. The first-order valence-electron chi connectivity index (χ1n) is 9.12. The second-order valence-corrected chi connectivity index (χ2v) is 7.25. The Labute approximate surface area is 172 Å². The zero-order valence-electron chi connectivity index (χ0n) is 15.8. The van der Waals surface area contributed by atoms with Crippen molar-refractivity contribution in [2.24, 2.45) is 0 Å². The topological polar surface area (TPSA) is 77.2 Å². The van der Waals surface area contributed by atoms with Gasteiger partial charge in [0.1, 0.15) is 11.5 Å². The van der Waals surface area contributed by atoms with Crippen molar-refractivity contribution < 1.29 is 13.9 Å². The number of aryl methyl sites for hydroxylation is 1. The van der Waals surface area contributed by atoms with Gasteiger partial charge in [0.2, 0.25) is 0 Å². The van der Waals surface area contributed by atoms with Crippen LogP contribution in [0.3, 0.4) is 0 Å². The number of rotatable bonds is 7. The highest BCUT2D eigenvalue weighted by Crippen LogP contribution is 2.24. The number of hydrogen-bond acceptors (Lipinski definition) is 6. The van der Waals surface area contributed by atoms with Crippen LogP contribution >= 0.6 is 11.5 Å². The zero-order chi connectivity index (χ0) is 20.1. The summed E-state index contributed by atoms with van der Waals surface area (Å²) >= 11 is 1.19. The van der Waals surface area contributed by atoms with Crippen LogP contribution in [-0.4, -0.2) is 15.3 Å². The van der Waals surface area contributed by atoms with Gasteiger partial charge in [-0.15, -0.1) is 0 Å². The van der Waals surface area contributed by atoms with Crippen molar-refractivity contribution in [2.75, 3.05) is 0 Å². The van der Waals surface area contributed by atoms with Gasteiger partial charge >= 0.3 is 0 Å². The zero-order valence-corrected chi connectivity index (χ0v) is 16.6. The predicted molar refractivity (Wildman–Crippen MR) is 110 cm³/mol. The molecule has 0 unspecified atom stereocenters. The van der Waals surface area contributed by atoms with E-state index in [9.17, 15) is 4.79 Å². The van der Waals surface area contributed by atoms with Crippen molar-refractivity contribution in [3.8, 4) is 10.9 Å². The van der Waals surface area contributed by atoms with Crippen molar-refractivity contribution in [3.63, 3.8) is 0 Å². The molecule has 0 spiro atoms. The van der Waals surface area contributed by atoms with E-state index in [2.05, 4.69) is 45.9 Å². The molecule has 1 amide bonds. The molecule has 29 heavy (non-hydrogen) atoms. The van der Waals surface area contributed by atoms with Crippen LogP contribution in [0.15, 0.2) is 71.3 Å². The molecule has 1 N–H and O–H groups in total. The Balaban J connectivity index is 1.38. The molecule has 0 aliphatic carbocycles. The summed E-state index contributed by atoms with van der Waals surface area (Å²) in [6.07, 6.45) is 2.22. The number of hydrogen-bond donors (Lipinski definition) is 1. The molecule has 0 aliphatic heterocycles. The lowest BCUT2D eigenvalue weighted by Crippen LogP contribution is -2.22. The van der Waals surface area contributed by atoms with Crippen molar-refractivity contribution >= 4 is 17.4 Å². The van der Waals surface area contributed by atoms with E-state index in [0.29, 0.717) is 41.1 Å². The van der Waals surface area contributed by atoms with Crippen molar-refractivity contribution in [3.05, 3.63) is 95.2 Å². The van der Waals surface area contributed by atoms with Crippen LogP contribution in [0, 0.1) is 6.92 Å². The van der Waals surface area contributed by atoms with Crippen molar-refractivity contribution in [1.29, 1.82) is 0 Å². The number of benzene rings is 2. The molecule has 4 aromatic rings. The molecule has 2 aromatic carbocycles. The van der Waals surface area contributed by atoms with E-state index in [4.69, 9.17) is 9.15 Å². The molecule has 0 fully saturated rings. The Hall–Kier alpha value is -3.45. The van der Waals surface area contributed by atoms with Crippen LogP contribution in [0.4, 0.5) is 0 Å². The Morgan fingerprint density at radius 2 is 2.00 bits per heavy atom. The Morgan fingerprint density at radius 1 is 1.14 bits per heavy atom. The second-order valence-electron chi connectivity index (χ2n) is 6.53. The molecule has 0 aliphatic rings. The van der Waals surface area contributed by atoms with Crippen LogP contribution in [0.1, 0.15) is 33.1 Å². The van der Waals surface area contributed by atoms with E-state index in [1.165, 1.54) is 17.1 Å². The number of carbonyl (C=O) groups excluding carboxylic acids is 1. The monoisotopic (exact) mass is 405 g/mol. The van der Waals surface area contributed by atoms with Gasteiger partial charge in [0, 0.05) is 23.5 Å². The number of carbonyl (C=O) groups is 1. The molecule has 146 valence electrons. The lowest BCUT2D eigenvalue weighted by molar-refractivity contribution is 0.0947. The lowest BCUT2D eigenvalue weighted by atomic mass is 10.1. The molecule has 4 rings (SSSR count). The number of amides is 1. The average Bonchev–Trinajstić information content (AvgIpc) is 3.40. The highest BCUT2D eigenvalue weighted by Gasteiger charge is 2.11. The fourth-order valence-corrected chi connectivity index (χ4v) is 3.29. The Morgan fingerprint density at radius 3 is 2.79 bits per heavy atom. The summed E-state index contributed by atoms with van der Waals surface area (Å²) in [4.78, 5) is 16.8. The van der Waals surface area contributed by atoms with Crippen LogP contribution < -0.4 is 10.1 Å². The van der Waals surface area contributed by atoms with Gasteiger partial charge in [0.15, 0.2) is 5.82 Å². The van der Waals surface area contributed by atoms with Crippen LogP contribution in [-0.2, 0) is 13.0 Å². The second kappa shape index (κ2) is 8.70. The minimum atomic E-state index is -0.204. The SMILES string of the molecule is Cc1ccc(Cc2nsc(Oc3cccc(C(=O)NCc4ccco4)c3)n2)cc1. The average molecular weight is 405 g/mol. The van der Waals surface area contributed by atoms with Crippen molar-refractivity contribution in [1.82, 2.24) is 14.7 Å². The molecule has 2 aromatic heterocycles. The Bertz CT molecular complexity index is 1090. The quantitative estimate of drug-likeness (QED) is 0.480. The molecule has 0 radical (unpaired) electrons. The molecule has 0 saturated carbocycles. The summed E-state index contributed by atoms with van der Waals surface area (Å²) in [7, 11) is 0. The minimum Gasteiger partial charge on any atom is -0.467 e. The summed E-state index contributed by atoms with van der Waals surface area (Å²) in [5, 5.41) is 3.26. The molecule has 6 nitrogen and oxygen atoms in total. The molecular formula is C22H19N3O3S. The fourth-order valence-electron chi connectivity index (χ4n) is 2.72. The van der Waals surface area contributed by atoms with E-state index in [1.54, 1.807) is 36.6 Å². The summed E-state index contributed by atoms with van der Waals surface area (Å²) in [5.41, 5.74) is 2.87. The number of ether oxygens (including phenoxy) is 1. The fraction of sp³-hybridized carbons (Fsp3) is 0.136. The minimum absolute atomic E-state index is 0.204. The summed E-state index contributed by atoms with van der Waals surface area (Å²) in [6.45, 7) is 2.39. The standard InChI is InChI=1S/C22H19N3O3S/c1-15-7-9-16(10-8-15)12-20-24-22(29-25-20)28-18-5-2-4-17(13-18)21(26)23-14-19-6-3-11-27-19/h2-11,13H,12,14H2,1H3,(H,23,26). The largest absolute Gasteiger partial charge is 0.467 e. The predicted octanol–water partition coefficient (Wildman–Crippen LogP) is 4.75. The smallest absolute Gasteiger partial charge is 0.298 e. The van der Waals surface area contributed by atoms with Gasteiger partial charge in [0.25, 0.3) is 11.1 Å². The molecule has 7 heteroatoms. The van der Waals surface area contributed by atoms with E-state index >= 15 is 0 Å². The number of nitrogens with zero attached hydrogens (tertiary/aromatic N) is 2. The van der Waals surface area contributed by atoms with E-state index in [1.807, 2.05) is 6.07 Å². The van der Waals surface area contributed by atoms with Gasteiger partial charge in [-0.05, 0) is 42.8 Å². The highest BCUT2D eigenvalue weighted by atomic mass is 32.1. The van der Waals surface area contributed by atoms with Crippen LogP contribution in [0.25, 0.3) is 0 Å². The Kier molecular flexibility index (Phi) is 5.67. The molecular weight excluding hydrogens is 386 g/mol. The molecule has 0 saturated heterocycles. The first-order chi connectivity index (χ1) is 14.2. The number of nitrogens with one attached hydrogen (secondary N) is 1. The molecule has 0 atom stereocenters. The summed E-state index contributed by atoms with van der Waals surface area (Å²) in [6, 6.07) is 18.8.